The molecule has 7 heteroatoms. The Labute approximate surface area is 138 Å². The highest BCUT2D eigenvalue weighted by molar-refractivity contribution is 5.81. The first-order chi connectivity index (χ1) is 10.6. The summed E-state index contributed by atoms with van der Waals surface area (Å²) in [5.74, 6) is -0.0244. The van der Waals surface area contributed by atoms with Gasteiger partial charge in [-0.05, 0) is 34.2 Å². The van der Waals surface area contributed by atoms with Crippen molar-refractivity contribution in [3.8, 4) is 0 Å². The third-order valence-corrected chi connectivity index (χ3v) is 3.03. The van der Waals surface area contributed by atoms with Crippen LogP contribution in [0.2, 0.25) is 0 Å². The van der Waals surface area contributed by atoms with Gasteiger partial charge in [-0.2, -0.15) is 0 Å². The first-order valence-corrected chi connectivity index (χ1v) is 7.78. The van der Waals surface area contributed by atoms with E-state index in [2.05, 4.69) is 0 Å². The summed E-state index contributed by atoms with van der Waals surface area (Å²) in [4.78, 5) is 51.0. The molecular formula is C16H29N3O4. The van der Waals surface area contributed by atoms with E-state index in [0.29, 0.717) is 26.4 Å². The van der Waals surface area contributed by atoms with Crippen molar-refractivity contribution in [1.82, 2.24) is 14.7 Å². The first kappa shape index (κ1) is 21.6. The lowest BCUT2D eigenvalue weighted by atomic mass is 10.3. The maximum Gasteiger partial charge on any atom is 0.143 e. The molecule has 0 aromatic heterocycles. The summed E-state index contributed by atoms with van der Waals surface area (Å²) in [6.45, 7) is 10.2. The molecule has 7 nitrogen and oxygen atoms in total. The third-order valence-electron chi connectivity index (χ3n) is 3.03. The van der Waals surface area contributed by atoms with Crippen LogP contribution in [0.4, 0.5) is 0 Å². The lowest BCUT2D eigenvalue weighted by Gasteiger charge is -2.32. The van der Waals surface area contributed by atoms with Crippen LogP contribution in [-0.4, -0.2) is 83.9 Å². The second-order valence-electron chi connectivity index (χ2n) is 6.05. The highest BCUT2D eigenvalue weighted by Crippen LogP contribution is 2.00. The molecule has 0 aliphatic carbocycles. The van der Waals surface area contributed by atoms with Gasteiger partial charge in [-0.15, -0.1) is 0 Å². The van der Waals surface area contributed by atoms with Gasteiger partial charge in [-0.25, -0.2) is 0 Å². The molecule has 0 N–H and O–H groups in total. The Kier molecular flexibility index (Phi) is 10.5. The second-order valence-corrected chi connectivity index (χ2v) is 6.05. The quantitative estimate of drug-likeness (QED) is 0.447. The molecule has 132 valence electrons. The van der Waals surface area contributed by atoms with Gasteiger partial charge in [-0.1, -0.05) is 6.92 Å². The maximum absolute atomic E-state index is 11.5. The van der Waals surface area contributed by atoms with Gasteiger partial charge < -0.3 is 0 Å². The first-order valence-electron chi connectivity index (χ1n) is 7.78. The normalized spacial score (nSPS) is 11.3. The molecule has 0 bridgehead atoms. The number of carbonyl (C=O) groups excluding carboxylic acids is 4. The SMILES string of the molecule is CCN(CC(C)=O)CN(CC(C)=O)CN(CC(C)=O)CC(C)=O. The zero-order chi connectivity index (χ0) is 18.0. The zero-order valence-corrected chi connectivity index (χ0v) is 14.9. The van der Waals surface area contributed by atoms with Crippen LogP contribution in [0.5, 0.6) is 0 Å². The van der Waals surface area contributed by atoms with Crippen molar-refractivity contribution >= 4 is 23.1 Å². The number of Topliss-reactive ketones (excluding diaryl/α,β-unsaturated/α-hetero) is 4. The summed E-state index contributed by atoms with van der Waals surface area (Å²) < 4.78 is 0. The van der Waals surface area contributed by atoms with E-state index >= 15 is 0 Å². The van der Waals surface area contributed by atoms with E-state index in [0.717, 1.165) is 0 Å². The lowest BCUT2D eigenvalue weighted by Crippen LogP contribution is -2.48. The summed E-state index contributed by atoms with van der Waals surface area (Å²) in [5.41, 5.74) is 0. The minimum Gasteiger partial charge on any atom is -0.299 e. The van der Waals surface area contributed by atoms with E-state index in [4.69, 9.17) is 0 Å². The number of hydrogen-bond acceptors (Lipinski definition) is 7. The van der Waals surface area contributed by atoms with Crippen LogP contribution in [0.3, 0.4) is 0 Å². The number of nitrogens with zero attached hydrogens (tertiary/aromatic N) is 3. The minimum atomic E-state index is -0.0369. The summed E-state index contributed by atoms with van der Waals surface area (Å²) >= 11 is 0. The van der Waals surface area contributed by atoms with Crippen molar-refractivity contribution < 1.29 is 19.2 Å². The summed E-state index contributed by atoms with van der Waals surface area (Å²) in [6.07, 6.45) is 0. The molecule has 0 radical (unpaired) electrons. The number of likely N-dealkylation sites (N-methyl/N-ethyl adjacent to an activating group) is 1. The Hall–Kier alpha value is -1.44. The van der Waals surface area contributed by atoms with Crippen LogP contribution in [0.15, 0.2) is 0 Å². The van der Waals surface area contributed by atoms with Crippen molar-refractivity contribution in [1.29, 1.82) is 0 Å². The molecule has 0 fully saturated rings. The van der Waals surface area contributed by atoms with Gasteiger partial charge in [0.25, 0.3) is 0 Å². The summed E-state index contributed by atoms with van der Waals surface area (Å²) in [5, 5.41) is 0. The van der Waals surface area contributed by atoms with E-state index < -0.39 is 0 Å². The largest absolute Gasteiger partial charge is 0.299 e. The molecule has 0 aromatic rings. The van der Waals surface area contributed by atoms with Crippen LogP contribution >= 0.6 is 0 Å². The average molecular weight is 327 g/mol. The molecule has 0 saturated carbocycles. The van der Waals surface area contributed by atoms with E-state index in [1.807, 2.05) is 16.7 Å². The van der Waals surface area contributed by atoms with Crippen LogP contribution < -0.4 is 0 Å². The smallest absolute Gasteiger partial charge is 0.143 e. The van der Waals surface area contributed by atoms with E-state index in [1.54, 1.807) is 4.90 Å². The fourth-order valence-electron chi connectivity index (χ4n) is 2.39. The van der Waals surface area contributed by atoms with Crippen LogP contribution in [-0.2, 0) is 19.2 Å². The van der Waals surface area contributed by atoms with Crippen molar-refractivity contribution in [2.45, 2.75) is 34.6 Å². The second kappa shape index (κ2) is 11.2. The predicted octanol–water partition coefficient (Wildman–Crippen LogP) is 0.183. The van der Waals surface area contributed by atoms with Gasteiger partial charge >= 0.3 is 0 Å². The molecule has 0 spiro atoms. The summed E-state index contributed by atoms with van der Waals surface area (Å²) in [7, 11) is 0. The number of ketones is 4. The monoisotopic (exact) mass is 327 g/mol. The molecule has 0 rings (SSSR count). The van der Waals surface area contributed by atoms with Crippen LogP contribution in [0.25, 0.3) is 0 Å². The van der Waals surface area contributed by atoms with E-state index in [9.17, 15) is 19.2 Å². The Balaban J connectivity index is 4.95. The lowest BCUT2D eigenvalue weighted by molar-refractivity contribution is -0.122. The van der Waals surface area contributed by atoms with Gasteiger partial charge in [-0.3, -0.25) is 33.9 Å². The van der Waals surface area contributed by atoms with Gasteiger partial charge in [0.05, 0.1) is 39.5 Å². The topological polar surface area (TPSA) is 78.0 Å². The molecule has 0 saturated heterocycles. The van der Waals surface area contributed by atoms with E-state index in [-0.39, 0.29) is 42.8 Å². The van der Waals surface area contributed by atoms with Gasteiger partial charge in [0.15, 0.2) is 0 Å². The molecule has 0 atom stereocenters. The Morgan fingerprint density at radius 3 is 1.22 bits per heavy atom. The van der Waals surface area contributed by atoms with Crippen molar-refractivity contribution in [2.75, 3.05) is 46.1 Å². The number of carbonyl (C=O) groups is 4. The molecule has 0 aliphatic rings. The van der Waals surface area contributed by atoms with Gasteiger partial charge in [0.2, 0.25) is 0 Å². The number of rotatable bonds is 13. The average Bonchev–Trinajstić information content (AvgIpc) is 2.34. The van der Waals surface area contributed by atoms with Gasteiger partial charge in [0, 0.05) is 0 Å². The maximum atomic E-state index is 11.5. The fraction of sp³-hybridized carbons (Fsp3) is 0.750. The standard InChI is InChI=1S/C16H29N3O4/c1-6-17(7-13(2)20)11-19(10-16(5)23)12-18(8-14(3)21)9-15(4)22/h6-12H2,1-5H3. The molecule has 0 aliphatic heterocycles. The highest BCUT2D eigenvalue weighted by Gasteiger charge is 2.18. The molecule has 23 heavy (non-hydrogen) atoms. The minimum absolute atomic E-state index is 0.00511. The molecular weight excluding hydrogens is 298 g/mol. The van der Waals surface area contributed by atoms with Crippen molar-refractivity contribution in [3.63, 3.8) is 0 Å². The Morgan fingerprint density at radius 2 is 0.870 bits per heavy atom. The van der Waals surface area contributed by atoms with E-state index in [1.165, 1.54) is 27.7 Å². The molecule has 0 amide bonds. The van der Waals surface area contributed by atoms with Crippen molar-refractivity contribution in [2.24, 2.45) is 0 Å². The Morgan fingerprint density at radius 1 is 0.565 bits per heavy atom. The molecule has 0 heterocycles. The van der Waals surface area contributed by atoms with Crippen LogP contribution in [0.1, 0.15) is 34.6 Å². The fourth-order valence-corrected chi connectivity index (χ4v) is 2.39. The van der Waals surface area contributed by atoms with Crippen molar-refractivity contribution in [3.05, 3.63) is 0 Å². The third kappa shape index (κ3) is 11.7. The van der Waals surface area contributed by atoms with Crippen LogP contribution in [0, 0.1) is 0 Å². The summed E-state index contributed by atoms with van der Waals surface area (Å²) in [6, 6.07) is 0. The highest BCUT2D eigenvalue weighted by atomic mass is 16.1. The number of hydrogen-bond donors (Lipinski definition) is 0. The predicted molar refractivity (Wildman–Crippen MR) is 88.0 cm³/mol. The van der Waals surface area contributed by atoms with Gasteiger partial charge in [0.1, 0.15) is 23.1 Å². The molecule has 0 unspecified atom stereocenters. The molecule has 0 aromatic carbocycles. The Bertz CT molecular complexity index is 421. The zero-order valence-electron chi connectivity index (χ0n) is 14.9.